The van der Waals surface area contributed by atoms with Crippen LogP contribution in [0.5, 0.6) is 0 Å². The van der Waals surface area contributed by atoms with Crippen LogP contribution in [0.25, 0.3) is 0 Å². The van der Waals surface area contributed by atoms with E-state index in [1.807, 2.05) is 6.92 Å². The molecular weight excluding hydrogens is 271 g/mol. The van der Waals surface area contributed by atoms with Crippen molar-refractivity contribution in [3.63, 3.8) is 0 Å². The van der Waals surface area contributed by atoms with E-state index in [0.717, 1.165) is 25.1 Å². The number of rotatable bonds is 6. The maximum atomic E-state index is 12.3. The minimum atomic E-state index is -4.37. The van der Waals surface area contributed by atoms with E-state index < -0.39 is 17.8 Å². The third-order valence-corrected chi connectivity index (χ3v) is 2.48. The number of benzene rings is 1. The molecule has 2 amide bonds. The lowest BCUT2D eigenvalue weighted by Crippen LogP contribution is -2.34. The van der Waals surface area contributed by atoms with Crippen LogP contribution < -0.4 is 16.0 Å². The number of hydrogen-bond donors (Lipinski definition) is 3. The first kappa shape index (κ1) is 16.3. The van der Waals surface area contributed by atoms with Crippen LogP contribution in [0, 0.1) is 0 Å². The van der Waals surface area contributed by atoms with E-state index in [0.29, 0.717) is 18.8 Å². The summed E-state index contributed by atoms with van der Waals surface area (Å²) in [6, 6.07) is 3.86. The van der Waals surface area contributed by atoms with Crippen LogP contribution in [-0.2, 0) is 6.18 Å². The van der Waals surface area contributed by atoms with E-state index in [-0.39, 0.29) is 0 Å². The Bertz CT molecular complexity index is 418. The van der Waals surface area contributed by atoms with Crippen LogP contribution in [-0.4, -0.2) is 25.7 Å². The van der Waals surface area contributed by atoms with Crippen molar-refractivity contribution in [3.8, 4) is 0 Å². The fraction of sp³-hybridized carbons (Fsp3) is 0.462. The van der Waals surface area contributed by atoms with Crippen LogP contribution >= 0.6 is 0 Å². The Labute approximate surface area is 115 Å². The lowest BCUT2D eigenvalue weighted by molar-refractivity contribution is -0.137. The first-order valence-electron chi connectivity index (χ1n) is 6.36. The number of urea groups is 1. The maximum Gasteiger partial charge on any atom is 0.416 e. The maximum absolute atomic E-state index is 12.3. The van der Waals surface area contributed by atoms with Crippen LogP contribution in [0.1, 0.15) is 18.9 Å². The third kappa shape index (κ3) is 5.92. The van der Waals surface area contributed by atoms with Crippen LogP contribution in [0.3, 0.4) is 0 Å². The number of carbonyl (C=O) groups excluding carboxylic acids is 1. The van der Waals surface area contributed by atoms with Crippen molar-refractivity contribution in [1.29, 1.82) is 0 Å². The second-order valence-electron chi connectivity index (χ2n) is 4.21. The Morgan fingerprint density at radius 2 is 1.75 bits per heavy atom. The van der Waals surface area contributed by atoms with Gasteiger partial charge in [-0.1, -0.05) is 6.92 Å². The summed E-state index contributed by atoms with van der Waals surface area (Å²) in [6.45, 7) is 4.01. The average molecular weight is 289 g/mol. The van der Waals surface area contributed by atoms with Gasteiger partial charge in [-0.3, -0.25) is 0 Å². The van der Waals surface area contributed by atoms with Gasteiger partial charge in [0.1, 0.15) is 0 Å². The van der Waals surface area contributed by atoms with Crippen molar-refractivity contribution in [2.24, 2.45) is 0 Å². The van der Waals surface area contributed by atoms with E-state index in [4.69, 9.17) is 0 Å². The SMILES string of the molecule is CCCNCCNC(=O)Nc1ccc(C(F)(F)F)cc1. The summed E-state index contributed by atoms with van der Waals surface area (Å²) in [5.41, 5.74) is -0.427. The molecule has 0 saturated carbocycles. The Morgan fingerprint density at radius 3 is 2.30 bits per heavy atom. The largest absolute Gasteiger partial charge is 0.416 e. The first-order valence-corrected chi connectivity index (χ1v) is 6.36. The lowest BCUT2D eigenvalue weighted by atomic mass is 10.2. The predicted molar refractivity (Wildman–Crippen MR) is 71.6 cm³/mol. The fourth-order valence-corrected chi connectivity index (χ4v) is 1.48. The summed E-state index contributed by atoms with van der Waals surface area (Å²) < 4.78 is 37.0. The highest BCUT2D eigenvalue weighted by atomic mass is 19.4. The van der Waals surface area contributed by atoms with Gasteiger partial charge in [0.2, 0.25) is 0 Å². The molecule has 0 heterocycles. The van der Waals surface area contributed by atoms with Crippen LogP contribution in [0.4, 0.5) is 23.7 Å². The molecule has 0 aliphatic heterocycles. The van der Waals surface area contributed by atoms with Gasteiger partial charge in [-0.25, -0.2) is 4.79 Å². The number of alkyl halides is 3. The molecule has 0 aliphatic carbocycles. The smallest absolute Gasteiger partial charge is 0.337 e. The summed E-state index contributed by atoms with van der Waals surface area (Å²) in [5, 5.41) is 8.18. The van der Waals surface area contributed by atoms with E-state index >= 15 is 0 Å². The lowest BCUT2D eigenvalue weighted by Gasteiger charge is -2.10. The molecule has 112 valence electrons. The Hall–Kier alpha value is -1.76. The molecule has 0 saturated heterocycles. The average Bonchev–Trinajstić information content (AvgIpc) is 2.38. The highest BCUT2D eigenvalue weighted by Gasteiger charge is 2.29. The first-order chi connectivity index (χ1) is 9.43. The van der Waals surface area contributed by atoms with Gasteiger partial charge in [-0.05, 0) is 37.2 Å². The molecule has 4 nitrogen and oxygen atoms in total. The minimum Gasteiger partial charge on any atom is -0.337 e. The monoisotopic (exact) mass is 289 g/mol. The fourth-order valence-electron chi connectivity index (χ4n) is 1.48. The second kappa shape index (κ2) is 7.74. The van der Waals surface area contributed by atoms with E-state index in [2.05, 4.69) is 16.0 Å². The molecule has 0 unspecified atom stereocenters. The van der Waals surface area contributed by atoms with Crippen molar-refractivity contribution >= 4 is 11.7 Å². The third-order valence-electron chi connectivity index (χ3n) is 2.48. The zero-order valence-corrected chi connectivity index (χ0v) is 11.2. The summed E-state index contributed by atoms with van der Waals surface area (Å²) >= 11 is 0. The van der Waals surface area contributed by atoms with Crippen molar-refractivity contribution in [3.05, 3.63) is 29.8 Å². The summed E-state index contributed by atoms with van der Waals surface area (Å²) in [6.07, 6.45) is -3.36. The van der Waals surface area contributed by atoms with Gasteiger partial charge in [-0.15, -0.1) is 0 Å². The molecule has 3 N–H and O–H groups in total. The second-order valence-corrected chi connectivity index (χ2v) is 4.21. The quantitative estimate of drug-likeness (QED) is 0.705. The van der Waals surface area contributed by atoms with Crippen molar-refractivity contribution < 1.29 is 18.0 Å². The predicted octanol–water partition coefficient (Wildman–Crippen LogP) is 2.83. The molecule has 1 aromatic rings. The Kier molecular flexibility index (Phi) is 6.30. The number of nitrogens with one attached hydrogen (secondary N) is 3. The number of carbonyl (C=O) groups is 1. The van der Waals surface area contributed by atoms with Gasteiger partial charge in [0.05, 0.1) is 5.56 Å². The zero-order chi connectivity index (χ0) is 15.0. The molecule has 0 aliphatic rings. The standard InChI is InChI=1S/C13H18F3N3O/c1-2-7-17-8-9-18-12(20)19-11-5-3-10(4-6-11)13(14,15)16/h3-6,17H,2,7-9H2,1H3,(H2,18,19,20). The van der Waals surface area contributed by atoms with Crippen molar-refractivity contribution in [2.75, 3.05) is 25.0 Å². The normalized spacial score (nSPS) is 11.2. The molecule has 0 spiro atoms. The van der Waals surface area contributed by atoms with Crippen molar-refractivity contribution in [1.82, 2.24) is 10.6 Å². The molecule has 1 rings (SSSR count). The van der Waals surface area contributed by atoms with Gasteiger partial charge >= 0.3 is 12.2 Å². The van der Waals surface area contributed by atoms with E-state index in [1.165, 1.54) is 12.1 Å². The molecular formula is C13H18F3N3O. The van der Waals surface area contributed by atoms with Gasteiger partial charge in [0.15, 0.2) is 0 Å². The molecule has 7 heteroatoms. The van der Waals surface area contributed by atoms with Gasteiger partial charge in [0.25, 0.3) is 0 Å². The Balaban J connectivity index is 2.35. The summed E-state index contributed by atoms with van der Waals surface area (Å²) in [5.74, 6) is 0. The highest BCUT2D eigenvalue weighted by molar-refractivity contribution is 5.89. The summed E-state index contributed by atoms with van der Waals surface area (Å²) in [4.78, 5) is 11.5. The molecule has 0 fully saturated rings. The molecule has 0 atom stereocenters. The molecule has 0 aromatic heterocycles. The van der Waals surface area contributed by atoms with E-state index in [1.54, 1.807) is 0 Å². The Morgan fingerprint density at radius 1 is 1.10 bits per heavy atom. The van der Waals surface area contributed by atoms with Crippen LogP contribution in [0.2, 0.25) is 0 Å². The molecule has 20 heavy (non-hydrogen) atoms. The topological polar surface area (TPSA) is 53.2 Å². The number of anilines is 1. The molecule has 1 aromatic carbocycles. The van der Waals surface area contributed by atoms with Gasteiger partial charge < -0.3 is 16.0 Å². The van der Waals surface area contributed by atoms with Gasteiger partial charge in [0, 0.05) is 18.8 Å². The van der Waals surface area contributed by atoms with Crippen LogP contribution in [0.15, 0.2) is 24.3 Å². The minimum absolute atomic E-state index is 0.317. The zero-order valence-electron chi connectivity index (χ0n) is 11.2. The molecule has 0 radical (unpaired) electrons. The molecule has 0 bridgehead atoms. The van der Waals surface area contributed by atoms with E-state index in [9.17, 15) is 18.0 Å². The highest BCUT2D eigenvalue weighted by Crippen LogP contribution is 2.29. The number of amides is 2. The number of halogens is 3. The number of hydrogen-bond acceptors (Lipinski definition) is 2. The van der Waals surface area contributed by atoms with Gasteiger partial charge in [-0.2, -0.15) is 13.2 Å². The summed E-state index contributed by atoms with van der Waals surface area (Å²) in [7, 11) is 0. The van der Waals surface area contributed by atoms with Crippen molar-refractivity contribution in [2.45, 2.75) is 19.5 Å².